The van der Waals surface area contributed by atoms with Crippen molar-refractivity contribution in [3.8, 4) is 5.75 Å². The van der Waals surface area contributed by atoms with Crippen LogP contribution in [-0.2, 0) is 6.54 Å². The Bertz CT molecular complexity index is 771. The fourth-order valence-electron chi connectivity index (χ4n) is 4.24. The molecular formula is C22H24FNO. The van der Waals surface area contributed by atoms with Crippen molar-refractivity contribution in [3.05, 3.63) is 71.6 Å². The average molecular weight is 337 g/mol. The zero-order chi connectivity index (χ0) is 17.2. The number of fused-ring (bicyclic) bond motifs is 2. The second kappa shape index (κ2) is 7.01. The van der Waals surface area contributed by atoms with Crippen LogP contribution in [-0.4, -0.2) is 24.1 Å². The fourth-order valence-corrected chi connectivity index (χ4v) is 4.24. The minimum atomic E-state index is -0.180. The van der Waals surface area contributed by atoms with E-state index >= 15 is 0 Å². The van der Waals surface area contributed by atoms with Crippen molar-refractivity contribution in [2.45, 2.75) is 44.3 Å². The van der Waals surface area contributed by atoms with E-state index in [-0.39, 0.29) is 5.82 Å². The monoisotopic (exact) mass is 337 g/mol. The summed E-state index contributed by atoms with van der Waals surface area (Å²) in [6.07, 6.45) is 6.83. The minimum absolute atomic E-state index is 0.180. The van der Waals surface area contributed by atoms with Gasteiger partial charge in [-0.15, -0.1) is 0 Å². The Hall–Kier alpha value is -2.13. The maximum absolute atomic E-state index is 14.5. The minimum Gasteiger partial charge on any atom is -0.497 e. The van der Waals surface area contributed by atoms with Crippen LogP contribution in [0.1, 0.15) is 36.8 Å². The van der Waals surface area contributed by atoms with Gasteiger partial charge in [-0.25, -0.2) is 4.39 Å². The van der Waals surface area contributed by atoms with Crippen molar-refractivity contribution in [1.29, 1.82) is 0 Å². The molecule has 1 saturated heterocycles. The van der Waals surface area contributed by atoms with Crippen LogP contribution in [0.4, 0.5) is 4.39 Å². The van der Waals surface area contributed by atoms with Gasteiger partial charge in [0.1, 0.15) is 11.6 Å². The Morgan fingerprint density at radius 1 is 1.12 bits per heavy atom. The zero-order valence-electron chi connectivity index (χ0n) is 14.6. The molecule has 0 aliphatic carbocycles. The quantitative estimate of drug-likeness (QED) is 0.774. The highest BCUT2D eigenvalue weighted by atomic mass is 19.1. The Kier molecular flexibility index (Phi) is 4.58. The summed E-state index contributed by atoms with van der Waals surface area (Å²) in [6.45, 7) is 0.977. The third kappa shape index (κ3) is 3.34. The summed E-state index contributed by atoms with van der Waals surface area (Å²) in [6, 6.07) is 16.8. The Morgan fingerprint density at radius 2 is 1.96 bits per heavy atom. The molecule has 4 rings (SSSR count). The molecule has 2 atom stereocenters. The van der Waals surface area contributed by atoms with Gasteiger partial charge in [-0.1, -0.05) is 42.8 Å². The first-order valence-electron chi connectivity index (χ1n) is 9.09. The van der Waals surface area contributed by atoms with Gasteiger partial charge < -0.3 is 4.74 Å². The number of hydrogen-bond donors (Lipinski definition) is 0. The van der Waals surface area contributed by atoms with Gasteiger partial charge >= 0.3 is 0 Å². The van der Waals surface area contributed by atoms with Gasteiger partial charge in [0.15, 0.2) is 0 Å². The molecule has 1 fully saturated rings. The fraction of sp³-hybridized carbons (Fsp3) is 0.364. The molecule has 3 heteroatoms. The van der Waals surface area contributed by atoms with E-state index in [1.54, 1.807) is 7.11 Å². The number of methoxy groups -OCH3 is 1. The van der Waals surface area contributed by atoms with Crippen molar-refractivity contribution in [1.82, 2.24) is 4.90 Å². The molecule has 0 saturated carbocycles. The van der Waals surface area contributed by atoms with Gasteiger partial charge in [0.25, 0.3) is 0 Å². The van der Waals surface area contributed by atoms with Gasteiger partial charge in [-0.05, 0) is 42.5 Å². The summed E-state index contributed by atoms with van der Waals surface area (Å²) in [5.41, 5.74) is 3.24. The highest BCUT2D eigenvalue weighted by molar-refractivity contribution is 5.68. The van der Waals surface area contributed by atoms with E-state index in [1.807, 2.05) is 12.1 Å². The standard InChI is InChI=1S/C22H24FNO/c1-25-20-10-11-21(22(23)14-20)17-12-18-8-5-9-19(13-17)24(18)15-16-6-3-2-4-7-16/h2-4,6-7,10-12,14,18-19H,5,8-9,13,15H2,1H3. The number of halogens is 1. The third-order valence-electron chi connectivity index (χ3n) is 5.51. The van der Waals surface area contributed by atoms with Gasteiger partial charge in [-0.3, -0.25) is 4.90 Å². The second-order valence-electron chi connectivity index (χ2n) is 7.05. The Morgan fingerprint density at radius 3 is 2.68 bits per heavy atom. The van der Waals surface area contributed by atoms with E-state index in [9.17, 15) is 4.39 Å². The molecule has 0 amide bonds. The molecule has 0 spiro atoms. The van der Waals surface area contributed by atoms with Gasteiger partial charge in [-0.2, -0.15) is 0 Å². The highest BCUT2D eigenvalue weighted by Gasteiger charge is 2.34. The molecule has 0 N–H and O–H groups in total. The highest BCUT2D eigenvalue weighted by Crippen LogP contribution is 2.39. The topological polar surface area (TPSA) is 12.5 Å². The maximum Gasteiger partial charge on any atom is 0.134 e. The van der Waals surface area contributed by atoms with Gasteiger partial charge in [0, 0.05) is 30.3 Å². The number of hydrogen-bond acceptors (Lipinski definition) is 2. The summed E-state index contributed by atoms with van der Waals surface area (Å²) < 4.78 is 19.6. The lowest BCUT2D eigenvalue weighted by atomic mass is 9.82. The SMILES string of the molecule is COc1ccc(C2=CC3CCCC(C2)N3Cc2ccccc2)c(F)c1. The lowest BCUT2D eigenvalue weighted by Gasteiger charge is -2.45. The first-order chi connectivity index (χ1) is 12.2. The predicted molar refractivity (Wildman–Crippen MR) is 99.0 cm³/mol. The van der Waals surface area contributed by atoms with Crippen molar-refractivity contribution >= 4 is 5.57 Å². The number of ether oxygens (including phenoxy) is 1. The van der Waals surface area contributed by atoms with Crippen molar-refractivity contribution in [2.75, 3.05) is 7.11 Å². The van der Waals surface area contributed by atoms with Crippen LogP contribution in [0.3, 0.4) is 0 Å². The Balaban J connectivity index is 1.61. The summed E-state index contributed by atoms with van der Waals surface area (Å²) in [5.74, 6) is 0.392. The zero-order valence-corrected chi connectivity index (χ0v) is 14.6. The molecule has 2 bridgehead atoms. The van der Waals surface area contributed by atoms with Crippen molar-refractivity contribution < 1.29 is 9.13 Å². The smallest absolute Gasteiger partial charge is 0.134 e. The molecule has 2 aromatic carbocycles. The maximum atomic E-state index is 14.5. The van der Waals surface area contributed by atoms with Crippen LogP contribution >= 0.6 is 0 Å². The largest absolute Gasteiger partial charge is 0.497 e. The molecule has 2 aromatic rings. The van der Waals surface area contributed by atoms with Crippen LogP contribution in [0, 0.1) is 5.82 Å². The first kappa shape index (κ1) is 16.3. The lowest BCUT2D eigenvalue weighted by molar-refractivity contribution is 0.0950. The molecule has 130 valence electrons. The van der Waals surface area contributed by atoms with Crippen LogP contribution in [0.15, 0.2) is 54.6 Å². The molecule has 25 heavy (non-hydrogen) atoms. The Labute approximate surface area is 148 Å². The number of piperidine rings is 1. The normalized spacial score (nSPS) is 23.2. The van der Waals surface area contributed by atoms with E-state index < -0.39 is 0 Å². The summed E-state index contributed by atoms with van der Waals surface area (Å²) in [4.78, 5) is 2.60. The van der Waals surface area contributed by atoms with Gasteiger partial charge in [0.05, 0.1) is 7.11 Å². The van der Waals surface area contributed by atoms with Crippen LogP contribution in [0.5, 0.6) is 5.75 Å². The first-order valence-corrected chi connectivity index (χ1v) is 9.09. The van der Waals surface area contributed by atoms with E-state index in [1.165, 1.54) is 24.5 Å². The predicted octanol–water partition coefficient (Wildman–Crippen LogP) is 5.04. The molecule has 2 nitrogen and oxygen atoms in total. The summed E-state index contributed by atoms with van der Waals surface area (Å²) >= 11 is 0. The second-order valence-corrected chi connectivity index (χ2v) is 7.05. The third-order valence-corrected chi connectivity index (χ3v) is 5.51. The molecule has 2 unspecified atom stereocenters. The molecule has 2 aliphatic heterocycles. The molecule has 0 radical (unpaired) electrons. The van der Waals surface area contributed by atoms with Crippen molar-refractivity contribution in [2.24, 2.45) is 0 Å². The van der Waals surface area contributed by atoms with E-state index in [4.69, 9.17) is 4.74 Å². The average Bonchev–Trinajstić information content (AvgIpc) is 2.62. The summed E-state index contributed by atoms with van der Waals surface area (Å²) in [7, 11) is 1.57. The van der Waals surface area contributed by atoms with E-state index in [0.717, 1.165) is 30.5 Å². The lowest BCUT2D eigenvalue weighted by Crippen LogP contribution is -2.47. The van der Waals surface area contributed by atoms with E-state index in [2.05, 4.69) is 41.3 Å². The van der Waals surface area contributed by atoms with Crippen molar-refractivity contribution in [3.63, 3.8) is 0 Å². The molecular weight excluding hydrogens is 313 g/mol. The number of rotatable bonds is 4. The van der Waals surface area contributed by atoms with Crippen LogP contribution in [0.2, 0.25) is 0 Å². The molecule has 0 aromatic heterocycles. The number of benzene rings is 2. The summed E-state index contributed by atoms with van der Waals surface area (Å²) in [5, 5.41) is 0. The number of nitrogens with zero attached hydrogens (tertiary/aromatic N) is 1. The van der Waals surface area contributed by atoms with Crippen LogP contribution < -0.4 is 4.74 Å². The van der Waals surface area contributed by atoms with E-state index in [0.29, 0.717) is 17.8 Å². The molecule has 2 heterocycles. The van der Waals surface area contributed by atoms with Crippen LogP contribution in [0.25, 0.3) is 5.57 Å². The van der Waals surface area contributed by atoms with Gasteiger partial charge in [0.2, 0.25) is 0 Å². The molecule has 2 aliphatic rings.